The van der Waals surface area contributed by atoms with E-state index in [0.29, 0.717) is 23.8 Å². The van der Waals surface area contributed by atoms with Gasteiger partial charge in [-0.3, -0.25) is 5.41 Å². The first-order valence-electron chi connectivity index (χ1n) is 5.77. The van der Waals surface area contributed by atoms with Gasteiger partial charge in [0.2, 0.25) is 0 Å². The van der Waals surface area contributed by atoms with Crippen molar-refractivity contribution < 1.29 is 9.47 Å². The summed E-state index contributed by atoms with van der Waals surface area (Å²) in [7, 11) is 1.60. The lowest BCUT2D eigenvalue weighted by atomic mass is 10.2. The molecule has 0 spiro atoms. The number of nitrogen functional groups attached to an aromatic ring is 1. The molecular formula is C13H15N3O2S. The molecule has 0 aliphatic heterocycles. The molecule has 0 atom stereocenters. The lowest BCUT2D eigenvalue weighted by Gasteiger charge is -2.12. The van der Waals surface area contributed by atoms with E-state index in [1.165, 1.54) is 11.3 Å². The summed E-state index contributed by atoms with van der Waals surface area (Å²) in [6.07, 6.45) is 0. The van der Waals surface area contributed by atoms with Crippen LogP contribution in [0.4, 0.5) is 0 Å². The third-order valence-electron chi connectivity index (χ3n) is 2.50. The van der Waals surface area contributed by atoms with Gasteiger partial charge in [0.05, 0.1) is 19.3 Å². The molecule has 2 aromatic rings. The summed E-state index contributed by atoms with van der Waals surface area (Å²) >= 11 is 1.42. The van der Waals surface area contributed by atoms with Crippen molar-refractivity contribution in [2.75, 3.05) is 13.7 Å². The molecule has 2 rings (SSSR count). The molecule has 19 heavy (non-hydrogen) atoms. The molecule has 1 heterocycles. The van der Waals surface area contributed by atoms with Crippen LogP contribution in [0.1, 0.15) is 12.6 Å². The average molecular weight is 277 g/mol. The van der Waals surface area contributed by atoms with Gasteiger partial charge in [0.1, 0.15) is 16.5 Å². The lowest BCUT2D eigenvalue weighted by Crippen LogP contribution is -2.11. The maximum atomic E-state index is 7.39. The van der Waals surface area contributed by atoms with E-state index >= 15 is 0 Å². The minimum Gasteiger partial charge on any atom is -0.493 e. The van der Waals surface area contributed by atoms with E-state index < -0.39 is 0 Å². The highest BCUT2D eigenvalue weighted by Gasteiger charge is 2.15. The quantitative estimate of drug-likeness (QED) is 0.650. The number of nitrogens with zero attached hydrogens (tertiary/aromatic N) is 1. The topological polar surface area (TPSA) is 81.2 Å². The van der Waals surface area contributed by atoms with Crippen LogP contribution in [0.15, 0.2) is 23.6 Å². The molecule has 0 aliphatic carbocycles. The SMILES string of the molecule is CCOc1c(OC)cccc1-c1nc(C(=N)N)cs1. The zero-order chi connectivity index (χ0) is 13.8. The molecule has 1 aromatic carbocycles. The van der Waals surface area contributed by atoms with Gasteiger partial charge >= 0.3 is 0 Å². The number of benzene rings is 1. The maximum absolute atomic E-state index is 7.39. The number of methoxy groups -OCH3 is 1. The summed E-state index contributed by atoms with van der Waals surface area (Å²) in [5.41, 5.74) is 6.75. The van der Waals surface area contributed by atoms with Gasteiger partial charge in [-0.15, -0.1) is 11.3 Å². The number of nitrogens with two attached hydrogens (primary N) is 1. The number of amidine groups is 1. The van der Waals surface area contributed by atoms with Gasteiger partial charge in [0.15, 0.2) is 11.5 Å². The van der Waals surface area contributed by atoms with Crippen molar-refractivity contribution >= 4 is 17.2 Å². The molecule has 0 saturated heterocycles. The van der Waals surface area contributed by atoms with Crippen molar-refractivity contribution in [3.8, 4) is 22.1 Å². The lowest BCUT2D eigenvalue weighted by molar-refractivity contribution is 0.312. The van der Waals surface area contributed by atoms with Gasteiger partial charge in [0.25, 0.3) is 0 Å². The molecule has 5 nitrogen and oxygen atoms in total. The van der Waals surface area contributed by atoms with Crippen LogP contribution in [0.25, 0.3) is 10.6 Å². The number of hydrogen-bond donors (Lipinski definition) is 2. The van der Waals surface area contributed by atoms with E-state index in [2.05, 4.69) is 4.98 Å². The number of ether oxygens (including phenoxy) is 2. The van der Waals surface area contributed by atoms with Crippen molar-refractivity contribution in [1.29, 1.82) is 5.41 Å². The highest BCUT2D eigenvalue weighted by molar-refractivity contribution is 7.13. The highest BCUT2D eigenvalue weighted by atomic mass is 32.1. The summed E-state index contributed by atoms with van der Waals surface area (Å²) < 4.78 is 10.9. The zero-order valence-corrected chi connectivity index (χ0v) is 11.6. The molecule has 1 aromatic heterocycles. The Balaban J connectivity index is 2.50. The van der Waals surface area contributed by atoms with Gasteiger partial charge in [0, 0.05) is 5.38 Å². The first-order chi connectivity index (χ1) is 9.17. The fourth-order valence-electron chi connectivity index (χ4n) is 1.66. The van der Waals surface area contributed by atoms with Crippen molar-refractivity contribution in [2.24, 2.45) is 5.73 Å². The van der Waals surface area contributed by atoms with Gasteiger partial charge < -0.3 is 15.2 Å². The van der Waals surface area contributed by atoms with E-state index in [4.69, 9.17) is 20.6 Å². The molecule has 0 radical (unpaired) electrons. The van der Waals surface area contributed by atoms with Crippen LogP contribution >= 0.6 is 11.3 Å². The second-order valence-corrected chi connectivity index (χ2v) is 4.58. The van der Waals surface area contributed by atoms with Crippen LogP contribution in [0, 0.1) is 5.41 Å². The predicted octanol–water partition coefficient (Wildman–Crippen LogP) is 2.50. The maximum Gasteiger partial charge on any atom is 0.171 e. The second-order valence-electron chi connectivity index (χ2n) is 3.72. The number of para-hydroxylation sites is 1. The van der Waals surface area contributed by atoms with Crippen LogP contribution in [0.5, 0.6) is 11.5 Å². The molecule has 0 amide bonds. The fraction of sp³-hybridized carbons (Fsp3) is 0.231. The van der Waals surface area contributed by atoms with E-state index in [1.807, 2.05) is 25.1 Å². The van der Waals surface area contributed by atoms with Crippen molar-refractivity contribution in [3.63, 3.8) is 0 Å². The third kappa shape index (κ3) is 2.68. The van der Waals surface area contributed by atoms with Crippen molar-refractivity contribution in [2.45, 2.75) is 6.92 Å². The first-order valence-corrected chi connectivity index (χ1v) is 6.65. The van der Waals surface area contributed by atoms with Crippen LogP contribution in [0.3, 0.4) is 0 Å². The summed E-state index contributed by atoms with van der Waals surface area (Å²) in [5, 5.41) is 9.90. The predicted molar refractivity (Wildman–Crippen MR) is 76.3 cm³/mol. The monoisotopic (exact) mass is 277 g/mol. The van der Waals surface area contributed by atoms with Crippen molar-refractivity contribution in [3.05, 3.63) is 29.3 Å². The van der Waals surface area contributed by atoms with E-state index in [1.54, 1.807) is 12.5 Å². The summed E-state index contributed by atoms with van der Waals surface area (Å²) in [4.78, 5) is 4.33. The Kier molecular flexibility index (Phi) is 4.01. The molecule has 3 N–H and O–H groups in total. The number of thiazole rings is 1. The fourth-order valence-corrected chi connectivity index (χ4v) is 2.50. The minimum absolute atomic E-state index is 0.0386. The Morgan fingerprint density at radius 1 is 1.47 bits per heavy atom. The zero-order valence-electron chi connectivity index (χ0n) is 10.8. The Hall–Kier alpha value is -2.08. The normalized spacial score (nSPS) is 10.2. The Morgan fingerprint density at radius 3 is 2.84 bits per heavy atom. The van der Waals surface area contributed by atoms with E-state index in [-0.39, 0.29) is 5.84 Å². The molecule has 6 heteroatoms. The molecule has 0 fully saturated rings. The number of aromatic nitrogens is 1. The molecule has 0 aliphatic rings. The highest BCUT2D eigenvalue weighted by Crippen LogP contribution is 2.39. The standard InChI is InChI=1S/C13H15N3O2S/c1-3-18-11-8(5-4-6-10(11)17-2)13-16-9(7-19-13)12(14)15/h4-7H,3H2,1-2H3,(H3,14,15). The van der Waals surface area contributed by atoms with Crippen LogP contribution in [-0.4, -0.2) is 24.5 Å². The average Bonchev–Trinajstić information content (AvgIpc) is 2.89. The first kappa shape index (κ1) is 13.4. The molecule has 0 saturated carbocycles. The third-order valence-corrected chi connectivity index (χ3v) is 3.37. The van der Waals surface area contributed by atoms with Gasteiger partial charge in [-0.1, -0.05) is 6.07 Å². The van der Waals surface area contributed by atoms with E-state index in [9.17, 15) is 0 Å². The Morgan fingerprint density at radius 2 is 2.26 bits per heavy atom. The number of hydrogen-bond acceptors (Lipinski definition) is 5. The molecule has 0 unspecified atom stereocenters. The van der Waals surface area contributed by atoms with Gasteiger partial charge in [-0.2, -0.15) is 0 Å². The van der Waals surface area contributed by atoms with Crippen LogP contribution in [-0.2, 0) is 0 Å². The molecule has 0 bridgehead atoms. The summed E-state index contributed by atoms with van der Waals surface area (Å²) in [6, 6.07) is 5.63. The second kappa shape index (κ2) is 5.71. The molecule has 100 valence electrons. The molecular weight excluding hydrogens is 262 g/mol. The van der Waals surface area contributed by atoms with Crippen LogP contribution in [0.2, 0.25) is 0 Å². The Bertz CT molecular complexity index is 595. The minimum atomic E-state index is -0.0386. The van der Waals surface area contributed by atoms with E-state index in [0.717, 1.165) is 10.6 Å². The number of rotatable bonds is 5. The van der Waals surface area contributed by atoms with Gasteiger partial charge in [-0.25, -0.2) is 4.98 Å². The number of nitrogens with one attached hydrogen (secondary N) is 1. The van der Waals surface area contributed by atoms with Crippen molar-refractivity contribution in [1.82, 2.24) is 4.98 Å². The smallest absolute Gasteiger partial charge is 0.171 e. The summed E-state index contributed by atoms with van der Waals surface area (Å²) in [6.45, 7) is 2.46. The van der Waals surface area contributed by atoms with Crippen LogP contribution < -0.4 is 15.2 Å². The van der Waals surface area contributed by atoms with Gasteiger partial charge in [-0.05, 0) is 19.1 Å². The largest absolute Gasteiger partial charge is 0.493 e. The summed E-state index contributed by atoms with van der Waals surface area (Å²) in [5.74, 6) is 1.29. The Labute approximate surface area is 115 Å².